The topological polar surface area (TPSA) is 78.9 Å². The molecule has 1 aliphatic heterocycles. The van der Waals surface area contributed by atoms with Gasteiger partial charge in [-0.15, -0.1) is 0 Å². The maximum absolute atomic E-state index is 12.1. The summed E-state index contributed by atoms with van der Waals surface area (Å²) in [7, 11) is 0. The van der Waals surface area contributed by atoms with Crippen molar-refractivity contribution in [3.63, 3.8) is 0 Å². The summed E-state index contributed by atoms with van der Waals surface area (Å²) >= 11 is 0. The number of hydrogen-bond donors (Lipinski definition) is 2. The Balaban J connectivity index is 2.05. The van der Waals surface area contributed by atoms with Gasteiger partial charge in [0.05, 0.1) is 13.2 Å². The molecule has 19 heavy (non-hydrogen) atoms. The molecular formula is C13H16N2O4. The van der Waals surface area contributed by atoms with E-state index in [9.17, 15) is 9.59 Å². The summed E-state index contributed by atoms with van der Waals surface area (Å²) in [6, 6.07) is 5.97. The van der Waals surface area contributed by atoms with Crippen LogP contribution in [0.1, 0.15) is 5.56 Å². The summed E-state index contributed by atoms with van der Waals surface area (Å²) in [4.78, 5) is 24.4. The molecule has 102 valence electrons. The minimum absolute atomic E-state index is 0.0245. The fraction of sp³-hybridized carbons (Fsp3) is 0.385. The number of morpholine rings is 1. The van der Waals surface area contributed by atoms with Crippen molar-refractivity contribution in [2.45, 2.75) is 13.0 Å². The predicted octanol–water partition coefficient (Wildman–Crippen LogP) is 1.31. The predicted molar refractivity (Wildman–Crippen MR) is 69.1 cm³/mol. The van der Waals surface area contributed by atoms with Gasteiger partial charge in [0.2, 0.25) is 0 Å². The lowest BCUT2D eigenvalue weighted by Gasteiger charge is -2.32. The van der Waals surface area contributed by atoms with Crippen molar-refractivity contribution >= 4 is 17.7 Å². The van der Waals surface area contributed by atoms with Crippen LogP contribution < -0.4 is 5.32 Å². The number of hydrogen-bond acceptors (Lipinski definition) is 3. The summed E-state index contributed by atoms with van der Waals surface area (Å²) in [6.07, 6.45) is 0. The van der Waals surface area contributed by atoms with Crippen LogP contribution in [0.5, 0.6) is 0 Å². The van der Waals surface area contributed by atoms with Crippen LogP contribution in [-0.4, -0.2) is 47.8 Å². The number of aliphatic carboxylic acids is 1. The quantitative estimate of drug-likeness (QED) is 0.844. The maximum Gasteiger partial charge on any atom is 0.328 e. The number of nitrogens with zero attached hydrogens (tertiary/aromatic N) is 1. The third kappa shape index (κ3) is 3.23. The second-order valence-electron chi connectivity index (χ2n) is 4.42. The van der Waals surface area contributed by atoms with E-state index in [1.165, 1.54) is 4.90 Å². The number of nitrogens with one attached hydrogen (secondary N) is 1. The Morgan fingerprint density at radius 3 is 2.68 bits per heavy atom. The standard InChI is InChI=1S/C13H16N2O4/c1-9-2-4-10(5-3-9)14-13(18)15-6-7-19-8-11(15)12(16)17/h2-5,11H,6-8H2,1H3,(H,14,18)(H,16,17). The number of rotatable bonds is 2. The van der Waals surface area contributed by atoms with Gasteiger partial charge in [-0.1, -0.05) is 17.7 Å². The van der Waals surface area contributed by atoms with Gasteiger partial charge in [0, 0.05) is 12.2 Å². The van der Waals surface area contributed by atoms with Crippen LogP contribution in [0, 0.1) is 6.92 Å². The lowest BCUT2D eigenvalue weighted by atomic mass is 10.2. The number of urea groups is 1. The molecule has 1 fully saturated rings. The van der Waals surface area contributed by atoms with Crippen LogP contribution in [0.15, 0.2) is 24.3 Å². The van der Waals surface area contributed by atoms with Gasteiger partial charge in [0.15, 0.2) is 6.04 Å². The van der Waals surface area contributed by atoms with Gasteiger partial charge < -0.3 is 20.1 Å². The number of carboxylic acids is 1. The fourth-order valence-corrected chi connectivity index (χ4v) is 1.88. The lowest BCUT2D eigenvalue weighted by molar-refractivity contribution is -0.147. The van der Waals surface area contributed by atoms with E-state index < -0.39 is 18.0 Å². The number of benzene rings is 1. The molecule has 0 aliphatic carbocycles. The highest BCUT2D eigenvalue weighted by molar-refractivity contribution is 5.92. The Morgan fingerprint density at radius 1 is 1.37 bits per heavy atom. The Kier molecular flexibility index (Phi) is 4.01. The first kappa shape index (κ1) is 13.4. The highest BCUT2D eigenvalue weighted by Gasteiger charge is 2.32. The van der Waals surface area contributed by atoms with E-state index >= 15 is 0 Å². The van der Waals surface area contributed by atoms with E-state index in [-0.39, 0.29) is 13.2 Å². The number of aryl methyl sites for hydroxylation is 1. The van der Waals surface area contributed by atoms with E-state index in [1.807, 2.05) is 19.1 Å². The zero-order valence-corrected chi connectivity index (χ0v) is 10.6. The molecule has 1 unspecified atom stereocenters. The third-order valence-electron chi connectivity index (χ3n) is 2.98. The van der Waals surface area contributed by atoms with Crippen LogP contribution >= 0.6 is 0 Å². The Bertz CT molecular complexity index is 472. The summed E-state index contributed by atoms with van der Waals surface area (Å²) in [5, 5.41) is 11.8. The molecule has 0 bridgehead atoms. The average Bonchev–Trinajstić information content (AvgIpc) is 2.41. The second kappa shape index (κ2) is 5.71. The van der Waals surface area contributed by atoms with Crippen molar-refractivity contribution in [3.8, 4) is 0 Å². The molecule has 0 aromatic heterocycles. The molecular weight excluding hydrogens is 248 g/mol. The smallest absolute Gasteiger partial charge is 0.328 e. The Morgan fingerprint density at radius 2 is 2.05 bits per heavy atom. The molecule has 2 N–H and O–H groups in total. The van der Waals surface area contributed by atoms with E-state index in [1.54, 1.807) is 12.1 Å². The molecule has 0 saturated carbocycles. The van der Waals surface area contributed by atoms with Gasteiger partial charge in [0.25, 0.3) is 0 Å². The van der Waals surface area contributed by atoms with Crippen molar-refractivity contribution in [2.75, 3.05) is 25.1 Å². The van der Waals surface area contributed by atoms with E-state index in [2.05, 4.69) is 5.32 Å². The second-order valence-corrected chi connectivity index (χ2v) is 4.42. The summed E-state index contributed by atoms with van der Waals surface area (Å²) in [6.45, 7) is 2.60. The lowest BCUT2D eigenvalue weighted by Crippen LogP contribution is -2.53. The number of carboxylic acid groups (broad SMARTS) is 1. The van der Waals surface area contributed by atoms with Crippen LogP contribution in [0.2, 0.25) is 0 Å². The normalized spacial score (nSPS) is 19.0. The van der Waals surface area contributed by atoms with Crippen LogP contribution in [0.25, 0.3) is 0 Å². The molecule has 0 radical (unpaired) electrons. The maximum atomic E-state index is 12.1. The minimum Gasteiger partial charge on any atom is -0.480 e. The molecule has 1 aliphatic rings. The van der Waals surface area contributed by atoms with E-state index in [0.717, 1.165) is 5.56 Å². The van der Waals surface area contributed by atoms with Gasteiger partial charge in [-0.3, -0.25) is 0 Å². The molecule has 6 nitrogen and oxygen atoms in total. The first-order valence-corrected chi connectivity index (χ1v) is 6.03. The average molecular weight is 264 g/mol. The molecule has 0 spiro atoms. The van der Waals surface area contributed by atoms with Crippen LogP contribution in [-0.2, 0) is 9.53 Å². The van der Waals surface area contributed by atoms with E-state index in [0.29, 0.717) is 12.3 Å². The van der Waals surface area contributed by atoms with Crippen molar-refractivity contribution in [2.24, 2.45) is 0 Å². The van der Waals surface area contributed by atoms with E-state index in [4.69, 9.17) is 9.84 Å². The van der Waals surface area contributed by atoms with Gasteiger partial charge in [-0.25, -0.2) is 9.59 Å². The van der Waals surface area contributed by atoms with Crippen molar-refractivity contribution in [1.29, 1.82) is 0 Å². The molecule has 2 amide bonds. The molecule has 6 heteroatoms. The fourth-order valence-electron chi connectivity index (χ4n) is 1.88. The van der Waals surface area contributed by atoms with Crippen LogP contribution in [0.3, 0.4) is 0 Å². The molecule has 2 rings (SSSR count). The Hall–Kier alpha value is -2.08. The zero-order valence-electron chi connectivity index (χ0n) is 10.6. The third-order valence-corrected chi connectivity index (χ3v) is 2.98. The molecule has 1 heterocycles. The van der Waals surface area contributed by atoms with Crippen molar-refractivity contribution < 1.29 is 19.4 Å². The van der Waals surface area contributed by atoms with Gasteiger partial charge in [-0.2, -0.15) is 0 Å². The SMILES string of the molecule is Cc1ccc(NC(=O)N2CCOCC2C(=O)O)cc1. The molecule has 1 saturated heterocycles. The summed E-state index contributed by atoms with van der Waals surface area (Å²) < 4.78 is 5.09. The monoisotopic (exact) mass is 264 g/mol. The van der Waals surface area contributed by atoms with Crippen molar-refractivity contribution in [3.05, 3.63) is 29.8 Å². The number of amides is 2. The molecule has 1 aromatic rings. The Labute approximate surface area is 111 Å². The summed E-state index contributed by atoms with van der Waals surface area (Å²) in [5.74, 6) is -1.06. The number of carbonyl (C=O) groups excluding carboxylic acids is 1. The van der Waals surface area contributed by atoms with Gasteiger partial charge >= 0.3 is 12.0 Å². The minimum atomic E-state index is -1.06. The zero-order chi connectivity index (χ0) is 13.8. The number of anilines is 1. The first-order valence-electron chi connectivity index (χ1n) is 6.03. The number of ether oxygens (including phenoxy) is 1. The van der Waals surface area contributed by atoms with Gasteiger partial charge in [-0.05, 0) is 19.1 Å². The highest BCUT2D eigenvalue weighted by Crippen LogP contribution is 2.13. The van der Waals surface area contributed by atoms with Crippen LogP contribution in [0.4, 0.5) is 10.5 Å². The highest BCUT2D eigenvalue weighted by atomic mass is 16.5. The molecule has 1 aromatic carbocycles. The molecule has 1 atom stereocenters. The van der Waals surface area contributed by atoms with Gasteiger partial charge in [0.1, 0.15) is 0 Å². The summed E-state index contributed by atoms with van der Waals surface area (Å²) in [5.41, 5.74) is 1.74. The number of carbonyl (C=O) groups is 2. The first-order chi connectivity index (χ1) is 9.08. The van der Waals surface area contributed by atoms with Crippen molar-refractivity contribution in [1.82, 2.24) is 4.90 Å². The largest absolute Gasteiger partial charge is 0.480 e.